The van der Waals surface area contributed by atoms with Crippen LogP contribution in [0, 0.1) is 0 Å². The second-order valence-corrected chi connectivity index (χ2v) is 3.02. The molecule has 0 atom stereocenters. The van der Waals surface area contributed by atoms with Crippen LogP contribution in [0.25, 0.3) is 5.69 Å². The van der Waals surface area contributed by atoms with Gasteiger partial charge in [0.15, 0.2) is 0 Å². The van der Waals surface area contributed by atoms with E-state index in [1.165, 1.54) is 23.3 Å². The van der Waals surface area contributed by atoms with E-state index in [-0.39, 0.29) is 5.56 Å². The predicted octanol–water partition coefficient (Wildman–Crippen LogP) is 0.326. The third kappa shape index (κ3) is 1.81. The van der Waals surface area contributed by atoms with Crippen LogP contribution in [0.1, 0.15) is 10.4 Å². The molecule has 2 heterocycles. The molecule has 0 fully saturated rings. The maximum atomic E-state index is 11.1. The Morgan fingerprint density at radius 1 is 1.44 bits per heavy atom. The molecule has 2 rings (SSSR count). The molecule has 0 saturated carbocycles. The second kappa shape index (κ2) is 3.93. The largest absolute Gasteiger partial charge is 0.477 e. The molecule has 0 aliphatic carbocycles. The van der Waals surface area contributed by atoms with Gasteiger partial charge < -0.3 is 9.67 Å². The number of carboxylic acid groups (broad SMARTS) is 1. The molecule has 0 spiro atoms. The zero-order valence-electron chi connectivity index (χ0n) is 8.07. The van der Waals surface area contributed by atoms with E-state index in [2.05, 4.69) is 9.97 Å². The van der Waals surface area contributed by atoms with Crippen molar-refractivity contribution in [2.24, 2.45) is 0 Å². The van der Waals surface area contributed by atoms with Crippen LogP contribution in [0.2, 0.25) is 0 Å². The molecule has 0 aliphatic rings. The van der Waals surface area contributed by atoms with Crippen molar-refractivity contribution in [1.82, 2.24) is 14.5 Å². The Kier molecular flexibility index (Phi) is 2.47. The fraction of sp³-hybridized carbons (Fsp3) is 0. The van der Waals surface area contributed by atoms with Gasteiger partial charge in [-0.05, 0) is 12.1 Å². The molecular formula is C10H7N3O3. The Balaban J connectivity index is 2.57. The van der Waals surface area contributed by atoms with Crippen LogP contribution < -0.4 is 5.56 Å². The summed E-state index contributed by atoms with van der Waals surface area (Å²) in [4.78, 5) is 29.2. The van der Waals surface area contributed by atoms with Gasteiger partial charge in [0.25, 0.3) is 5.56 Å². The number of carboxylic acids is 1. The minimum absolute atomic E-state index is 0.369. The molecule has 80 valence electrons. The molecule has 6 heteroatoms. The average Bonchev–Trinajstić information content (AvgIpc) is 2.30. The molecule has 2 aromatic heterocycles. The fourth-order valence-electron chi connectivity index (χ4n) is 1.21. The summed E-state index contributed by atoms with van der Waals surface area (Å²) in [6, 6.07) is 3.43. The summed E-state index contributed by atoms with van der Waals surface area (Å²) in [5.41, 5.74) is -0.489. The minimum atomic E-state index is -1.30. The van der Waals surface area contributed by atoms with Crippen molar-refractivity contribution < 1.29 is 9.90 Å². The summed E-state index contributed by atoms with van der Waals surface area (Å²) in [6.07, 6.45) is 5.61. The van der Waals surface area contributed by atoms with Gasteiger partial charge >= 0.3 is 5.97 Å². The summed E-state index contributed by atoms with van der Waals surface area (Å²) in [7, 11) is 0. The smallest absolute Gasteiger partial charge is 0.342 e. The summed E-state index contributed by atoms with van der Waals surface area (Å²) in [5.74, 6) is -1.30. The number of hydrogen-bond donors (Lipinski definition) is 1. The van der Waals surface area contributed by atoms with Crippen LogP contribution in [0.15, 0.2) is 41.8 Å². The van der Waals surface area contributed by atoms with Gasteiger partial charge in [0.05, 0.1) is 11.9 Å². The number of carbonyl (C=O) groups is 1. The first-order valence-corrected chi connectivity index (χ1v) is 4.40. The molecule has 0 aliphatic heterocycles. The number of aromatic nitrogens is 3. The van der Waals surface area contributed by atoms with Crippen molar-refractivity contribution in [2.75, 3.05) is 0 Å². The van der Waals surface area contributed by atoms with Crippen molar-refractivity contribution in [2.45, 2.75) is 0 Å². The third-order valence-corrected chi connectivity index (χ3v) is 1.97. The van der Waals surface area contributed by atoms with E-state index < -0.39 is 11.5 Å². The molecule has 16 heavy (non-hydrogen) atoms. The number of pyridine rings is 1. The Hall–Kier alpha value is -2.50. The highest BCUT2D eigenvalue weighted by molar-refractivity contribution is 5.86. The van der Waals surface area contributed by atoms with Gasteiger partial charge in [-0.1, -0.05) is 0 Å². The van der Waals surface area contributed by atoms with Crippen LogP contribution in [-0.2, 0) is 0 Å². The highest BCUT2D eigenvalue weighted by Crippen LogP contribution is 2.03. The molecule has 0 unspecified atom stereocenters. The molecule has 0 amide bonds. The van der Waals surface area contributed by atoms with Gasteiger partial charge in [0.1, 0.15) is 11.9 Å². The van der Waals surface area contributed by atoms with Crippen molar-refractivity contribution >= 4 is 5.97 Å². The lowest BCUT2D eigenvalue weighted by atomic mass is 10.3. The Morgan fingerprint density at radius 3 is 2.88 bits per heavy atom. The van der Waals surface area contributed by atoms with Gasteiger partial charge in [-0.3, -0.25) is 9.78 Å². The van der Waals surface area contributed by atoms with E-state index in [9.17, 15) is 9.59 Å². The van der Waals surface area contributed by atoms with Gasteiger partial charge in [-0.15, -0.1) is 0 Å². The normalized spacial score (nSPS) is 10.0. The van der Waals surface area contributed by atoms with Crippen molar-refractivity contribution in [3.8, 4) is 5.69 Å². The molecule has 0 radical (unpaired) electrons. The molecular weight excluding hydrogens is 210 g/mol. The van der Waals surface area contributed by atoms with Crippen molar-refractivity contribution in [1.29, 1.82) is 0 Å². The highest BCUT2D eigenvalue weighted by atomic mass is 16.4. The predicted molar refractivity (Wildman–Crippen MR) is 54.6 cm³/mol. The molecule has 0 aromatic carbocycles. The number of rotatable bonds is 2. The Bertz CT molecular complexity index is 577. The van der Waals surface area contributed by atoms with E-state index >= 15 is 0 Å². The fourth-order valence-corrected chi connectivity index (χ4v) is 1.21. The molecule has 0 bridgehead atoms. The number of nitrogens with zero attached hydrogens (tertiary/aromatic N) is 3. The third-order valence-electron chi connectivity index (χ3n) is 1.97. The summed E-state index contributed by atoms with van der Waals surface area (Å²) in [5, 5.41) is 8.77. The van der Waals surface area contributed by atoms with E-state index in [4.69, 9.17) is 5.11 Å². The standard InChI is InChI=1S/C10H7N3O3/c14-9-8(10(15)16)5-13(6-12-9)7-2-1-3-11-4-7/h1-6H,(H,15,16). The summed E-state index contributed by atoms with van der Waals surface area (Å²) in [6.45, 7) is 0. The lowest BCUT2D eigenvalue weighted by Gasteiger charge is -2.04. The lowest BCUT2D eigenvalue weighted by molar-refractivity contribution is 0.0694. The average molecular weight is 217 g/mol. The maximum absolute atomic E-state index is 11.1. The highest BCUT2D eigenvalue weighted by Gasteiger charge is 2.09. The Morgan fingerprint density at radius 2 is 2.25 bits per heavy atom. The van der Waals surface area contributed by atoms with E-state index in [1.54, 1.807) is 18.3 Å². The first kappa shape index (κ1) is 10.0. The Labute approximate surface area is 89.8 Å². The maximum Gasteiger partial charge on any atom is 0.342 e. The van der Waals surface area contributed by atoms with E-state index in [0.717, 1.165) is 0 Å². The molecule has 1 N–H and O–H groups in total. The first-order chi connectivity index (χ1) is 7.68. The zero-order chi connectivity index (χ0) is 11.5. The number of hydrogen-bond acceptors (Lipinski definition) is 4. The van der Waals surface area contributed by atoms with Gasteiger partial charge in [-0.25, -0.2) is 4.79 Å². The van der Waals surface area contributed by atoms with E-state index in [1.807, 2.05) is 0 Å². The van der Waals surface area contributed by atoms with Crippen LogP contribution in [0.3, 0.4) is 0 Å². The topological polar surface area (TPSA) is 85.1 Å². The van der Waals surface area contributed by atoms with Gasteiger partial charge in [-0.2, -0.15) is 4.98 Å². The zero-order valence-corrected chi connectivity index (χ0v) is 8.07. The summed E-state index contributed by atoms with van der Waals surface area (Å²) < 4.78 is 1.43. The first-order valence-electron chi connectivity index (χ1n) is 4.40. The monoisotopic (exact) mass is 217 g/mol. The van der Waals surface area contributed by atoms with Gasteiger partial charge in [0.2, 0.25) is 0 Å². The van der Waals surface area contributed by atoms with Crippen LogP contribution in [-0.4, -0.2) is 25.6 Å². The SMILES string of the molecule is O=C(O)c1cn(-c2cccnc2)cnc1=O. The van der Waals surface area contributed by atoms with Crippen molar-refractivity contribution in [3.63, 3.8) is 0 Å². The van der Waals surface area contributed by atoms with Gasteiger partial charge in [0, 0.05) is 12.4 Å². The van der Waals surface area contributed by atoms with Crippen molar-refractivity contribution in [3.05, 3.63) is 53.0 Å². The summed E-state index contributed by atoms with van der Waals surface area (Å²) >= 11 is 0. The lowest BCUT2D eigenvalue weighted by Crippen LogP contribution is -2.19. The quantitative estimate of drug-likeness (QED) is 0.783. The van der Waals surface area contributed by atoms with Crippen LogP contribution in [0.5, 0.6) is 0 Å². The molecule has 2 aromatic rings. The molecule has 6 nitrogen and oxygen atoms in total. The second-order valence-electron chi connectivity index (χ2n) is 3.02. The van der Waals surface area contributed by atoms with E-state index in [0.29, 0.717) is 5.69 Å². The van der Waals surface area contributed by atoms with Crippen LogP contribution in [0.4, 0.5) is 0 Å². The minimum Gasteiger partial charge on any atom is -0.477 e. The number of aromatic carboxylic acids is 1. The van der Waals surface area contributed by atoms with Crippen LogP contribution >= 0.6 is 0 Å². The molecule has 0 saturated heterocycles.